The summed E-state index contributed by atoms with van der Waals surface area (Å²) in [5.74, 6) is -0.591. The van der Waals surface area contributed by atoms with Crippen molar-refractivity contribution in [3.8, 4) is 16.9 Å². The zero-order valence-electron chi connectivity index (χ0n) is 17.5. The number of carbonyl (C=O) groups is 2. The van der Waals surface area contributed by atoms with E-state index in [1.807, 2.05) is 37.3 Å². The lowest BCUT2D eigenvalue weighted by molar-refractivity contribution is -0.123. The van der Waals surface area contributed by atoms with Crippen LogP contribution in [0.25, 0.3) is 11.1 Å². The molecule has 1 amide bonds. The van der Waals surface area contributed by atoms with Gasteiger partial charge in [-0.3, -0.25) is 15.6 Å². The number of hydrogen-bond acceptors (Lipinski definition) is 6. The van der Waals surface area contributed by atoms with E-state index in [-0.39, 0.29) is 11.7 Å². The lowest BCUT2D eigenvalue weighted by atomic mass is 10.0. The predicted molar refractivity (Wildman–Crippen MR) is 138 cm³/mol. The number of thiophene rings is 1. The van der Waals surface area contributed by atoms with Crippen LogP contribution in [0.4, 0.5) is 5.00 Å². The number of anilines is 1. The highest BCUT2D eigenvalue weighted by Gasteiger charge is 2.24. The molecule has 3 rings (SSSR count). The summed E-state index contributed by atoms with van der Waals surface area (Å²) in [4.78, 5) is 25.6. The van der Waals surface area contributed by atoms with Crippen molar-refractivity contribution < 1.29 is 19.1 Å². The van der Waals surface area contributed by atoms with Crippen LogP contribution in [0.5, 0.6) is 5.75 Å². The molecule has 0 radical (unpaired) electrons. The average Bonchev–Trinajstić information content (AvgIpc) is 3.12. The van der Waals surface area contributed by atoms with Gasteiger partial charge in [0.1, 0.15) is 16.3 Å². The summed E-state index contributed by atoms with van der Waals surface area (Å²) in [7, 11) is 1.32. The molecular weight excluding hydrogens is 550 g/mol. The summed E-state index contributed by atoms with van der Waals surface area (Å²) < 4.78 is 11.2. The van der Waals surface area contributed by atoms with E-state index in [9.17, 15) is 9.59 Å². The second-order valence-corrected chi connectivity index (χ2v) is 9.54. The number of methoxy groups -OCH3 is 1. The first-order chi connectivity index (χ1) is 15.8. The van der Waals surface area contributed by atoms with Gasteiger partial charge in [0, 0.05) is 14.9 Å². The van der Waals surface area contributed by atoms with Gasteiger partial charge in [-0.25, -0.2) is 4.79 Å². The zero-order valence-corrected chi connectivity index (χ0v) is 21.5. The van der Waals surface area contributed by atoms with Crippen molar-refractivity contribution in [1.82, 2.24) is 10.9 Å². The average molecular weight is 569 g/mol. The van der Waals surface area contributed by atoms with Crippen molar-refractivity contribution in [2.24, 2.45) is 0 Å². The molecule has 0 atom stereocenters. The monoisotopic (exact) mass is 567 g/mol. The molecule has 0 unspecified atom stereocenters. The second-order valence-electron chi connectivity index (χ2n) is 6.59. The smallest absolute Gasteiger partial charge is 0.341 e. The quantitative estimate of drug-likeness (QED) is 0.211. The van der Waals surface area contributed by atoms with Gasteiger partial charge in [-0.05, 0) is 42.9 Å². The maximum absolute atomic E-state index is 12.5. The molecule has 3 aromatic rings. The maximum atomic E-state index is 12.5. The molecule has 0 aliphatic carbocycles. The largest absolute Gasteiger partial charge is 0.482 e. The SMILES string of the molecule is COC(=O)c1c(NC(=S)NNC(=O)COc2ccc(Br)cc2Cl)sc(C)c1-c1ccccc1. The number of amides is 1. The van der Waals surface area contributed by atoms with Gasteiger partial charge in [0.05, 0.1) is 12.1 Å². The number of ether oxygens (including phenoxy) is 2. The summed E-state index contributed by atoms with van der Waals surface area (Å²) in [6.07, 6.45) is 0. The van der Waals surface area contributed by atoms with Crippen LogP contribution in [-0.2, 0) is 9.53 Å². The Balaban J connectivity index is 1.64. The highest BCUT2D eigenvalue weighted by atomic mass is 79.9. The number of rotatable bonds is 6. The highest BCUT2D eigenvalue weighted by Crippen LogP contribution is 2.40. The Kier molecular flexibility index (Phi) is 8.67. The van der Waals surface area contributed by atoms with Gasteiger partial charge in [0.2, 0.25) is 0 Å². The molecule has 33 heavy (non-hydrogen) atoms. The van der Waals surface area contributed by atoms with E-state index in [2.05, 4.69) is 32.1 Å². The van der Waals surface area contributed by atoms with Crippen LogP contribution in [-0.4, -0.2) is 30.7 Å². The molecule has 172 valence electrons. The topological polar surface area (TPSA) is 88.7 Å². The van der Waals surface area contributed by atoms with E-state index in [4.69, 9.17) is 33.3 Å². The molecule has 0 saturated carbocycles. The van der Waals surface area contributed by atoms with Gasteiger partial charge in [-0.1, -0.05) is 57.9 Å². The molecule has 0 aliphatic heterocycles. The first kappa shape index (κ1) is 25.0. The summed E-state index contributed by atoms with van der Waals surface area (Å²) in [6, 6.07) is 14.6. The van der Waals surface area contributed by atoms with Gasteiger partial charge < -0.3 is 14.8 Å². The molecule has 0 saturated heterocycles. The third-order valence-corrected chi connectivity index (χ3v) is 6.34. The summed E-state index contributed by atoms with van der Waals surface area (Å²) >= 11 is 16.0. The minimum absolute atomic E-state index is 0.0936. The number of nitrogens with one attached hydrogen (secondary N) is 3. The third-order valence-electron chi connectivity index (χ3n) is 4.33. The second kappa shape index (κ2) is 11.5. The molecule has 3 N–H and O–H groups in total. The molecular formula is C22H19BrClN3O4S2. The Morgan fingerprint density at radius 2 is 1.88 bits per heavy atom. The van der Waals surface area contributed by atoms with Crippen LogP contribution in [0.3, 0.4) is 0 Å². The number of carbonyl (C=O) groups excluding carboxylic acids is 2. The van der Waals surface area contributed by atoms with Crippen molar-refractivity contribution in [1.29, 1.82) is 0 Å². The van der Waals surface area contributed by atoms with Crippen molar-refractivity contribution in [2.75, 3.05) is 19.0 Å². The van der Waals surface area contributed by atoms with Crippen molar-refractivity contribution in [3.05, 3.63) is 68.5 Å². The van der Waals surface area contributed by atoms with Crippen LogP contribution in [0.15, 0.2) is 53.0 Å². The van der Waals surface area contributed by atoms with Gasteiger partial charge in [0.15, 0.2) is 11.7 Å². The highest BCUT2D eigenvalue weighted by molar-refractivity contribution is 9.10. The molecule has 1 heterocycles. The Labute approximate surface area is 213 Å². The standard InChI is InChI=1S/C22H19BrClN3O4S2/c1-12-18(13-6-4-3-5-7-13)19(21(29)30-2)20(33-12)25-22(32)27-26-17(28)11-31-16-9-8-14(23)10-15(16)24/h3-10H,11H2,1-2H3,(H,26,28)(H2,25,27,32). The number of halogens is 2. The molecule has 7 nitrogen and oxygen atoms in total. The predicted octanol–water partition coefficient (Wildman–Crippen LogP) is 5.32. The first-order valence-corrected chi connectivity index (χ1v) is 11.9. The molecule has 0 fully saturated rings. The molecule has 0 bridgehead atoms. The first-order valence-electron chi connectivity index (χ1n) is 9.51. The normalized spacial score (nSPS) is 10.3. The van der Waals surface area contributed by atoms with Crippen molar-refractivity contribution in [2.45, 2.75) is 6.92 Å². The van der Waals surface area contributed by atoms with Crippen molar-refractivity contribution >= 4 is 73.1 Å². The van der Waals surface area contributed by atoms with Crippen LogP contribution in [0.1, 0.15) is 15.2 Å². The zero-order chi connectivity index (χ0) is 24.0. The van der Waals surface area contributed by atoms with Crippen LogP contribution in [0.2, 0.25) is 5.02 Å². The van der Waals surface area contributed by atoms with E-state index in [1.54, 1.807) is 18.2 Å². The fourth-order valence-corrected chi connectivity index (χ4v) is 4.93. The van der Waals surface area contributed by atoms with Crippen LogP contribution in [0, 0.1) is 6.92 Å². The maximum Gasteiger partial charge on any atom is 0.341 e. The Bertz CT molecular complexity index is 1190. The van der Waals surface area contributed by atoms with E-state index in [0.717, 1.165) is 20.5 Å². The van der Waals surface area contributed by atoms with E-state index < -0.39 is 11.9 Å². The van der Waals surface area contributed by atoms with Gasteiger partial charge in [-0.15, -0.1) is 11.3 Å². The number of hydrazine groups is 1. The van der Waals surface area contributed by atoms with Gasteiger partial charge in [-0.2, -0.15) is 0 Å². The lowest BCUT2D eigenvalue weighted by Crippen LogP contribution is -2.45. The lowest BCUT2D eigenvalue weighted by Gasteiger charge is -2.13. The summed E-state index contributed by atoms with van der Waals surface area (Å²) in [6.45, 7) is 1.63. The molecule has 11 heteroatoms. The van der Waals surface area contributed by atoms with Crippen LogP contribution < -0.4 is 20.9 Å². The molecule has 0 aliphatic rings. The number of thiocarbonyl (C=S) groups is 1. The molecule has 1 aromatic heterocycles. The third kappa shape index (κ3) is 6.44. The molecule has 2 aromatic carbocycles. The molecule has 0 spiro atoms. The van der Waals surface area contributed by atoms with Crippen molar-refractivity contribution in [3.63, 3.8) is 0 Å². The summed E-state index contributed by atoms with van der Waals surface area (Å²) in [5, 5.41) is 3.93. The minimum atomic E-state index is -0.493. The Morgan fingerprint density at radius 3 is 2.55 bits per heavy atom. The number of hydrogen-bond donors (Lipinski definition) is 3. The van der Waals surface area contributed by atoms with E-state index in [1.165, 1.54) is 18.4 Å². The van der Waals surface area contributed by atoms with E-state index in [0.29, 0.717) is 21.3 Å². The van der Waals surface area contributed by atoms with E-state index >= 15 is 0 Å². The van der Waals surface area contributed by atoms with Crippen LogP contribution >= 0.6 is 51.1 Å². The number of aryl methyl sites for hydroxylation is 1. The summed E-state index contributed by atoms with van der Waals surface area (Å²) in [5.41, 5.74) is 7.06. The minimum Gasteiger partial charge on any atom is -0.482 e. The number of esters is 1. The Morgan fingerprint density at radius 1 is 1.15 bits per heavy atom. The Hall–Kier alpha value is -2.66. The van der Waals surface area contributed by atoms with Gasteiger partial charge >= 0.3 is 5.97 Å². The van der Waals surface area contributed by atoms with Gasteiger partial charge in [0.25, 0.3) is 5.91 Å². The fourth-order valence-electron chi connectivity index (χ4n) is 2.91. The fraction of sp³-hybridized carbons (Fsp3) is 0.136. The number of benzene rings is 2.